The van der Waals surface area contributed by atoms with E-state index in [0.29, 0.717) is 10.6 Å². The van der Waals surface area contributed by atoms with Crippen LogP contribution >= 0.6 is 11.3 Å². The second-order valence-corrected chi connectivity index (χ2v) is 8.02. The molecule has 2 heterocycles. The smallest absolute Gasteiger partial charge is 0.263 e. The fourth-order valence-electron chi connectivity index (χ4n) is 2.16. The van der Waals surface area contributed by atoms with Crippen LogP contribution in [0.5, 0.6) is 0 Å². The average molecular weight is 336 g/mol. The third-order valence-electron chi connectivity index (χ3n) is 3.64. The van der Waals surface area contributed by atoms with Gasteiger partial charge in [-0.1, -0.05) is 0 Å². The Morgan fingerprint density at radius 2 is 1.91 bits per heavy atom. The van der Waals surface area contributed by atoms with Gasteiger partial charge in [-0.2, -0.15) is 0 Å². The lowest BCUT2D eigenvalue weighted by atomic mass is 10.3. The van der Waals surface area contributed by atoms with E-state index in [1.54, 1.807) is 18.2 Å². The van der Waals surface area contributed by atoms with Crippen molar-refractivity contribution in [2.24, 2.45) is 7.05 Å². The second kappa shape index (κ2) is 5.06. The fraction of sp³-hybridized carbons (Fsp3) is 0.286. The van der Waals surface area contributed by atoms with E-state index >= 15 is 0 Å². The first-order chi connectivity index (χ1) is 10.3. The molecule has 3 rings (SSSR count). The molecule has 0 aliphatic rings. The van der Waals surface area contributed by atoms with Crippen molar-refractivity contribution in [3.63, 3.8) is 0 Å². The molecule has 0 amide bonds. The molecule has 0 radical (unpaired) electrons. The van der Waals surface area contributed by atoms with Crippen molar-refractivity contribution in [3.8, 4) is 0 Å². The van der Waals surface area contributed by atoms with Gasteiger partial charge in [0.25, 0.3) is 10.0 Å². The zero-order valence-corrected chi connectivity index (χ0v) is 14.3. The Morgan fingerprint density at radius 1 is 1.18 bits per heavy atom. The number of imidazole rings is 1. The van der Waals surface area contributed by atoms with E-state index in [1.165, 1.54) is 11.3 Å². The summed E-state index contributed by atoms with van der Waals surface area (Å²) in [6.45, 7) is 5.65. The van der Waals surface area contributed by atoms with Crippen LogP contribution in [-0.4, -0.2) is 23.0 Å². The lowest BCUT2D eigenvalue weighted by Gasteiger charge is -2.05. The van der Waals surface area contributed by atoms with Crippen molar-refractivity contribution in [3.05, 3.63) is 34.6 Å². The number of anilines is 1. The van der Waals surface area contributed by atoms with Crippen LogP contribution in [0, 0.1) is 20.8 Å². The number of benzene rings is 1. The predicted octanol–water partition coefficient (Wildman–Crippen LogP) is 2.76. The summed E-state index contributed by atoms with van der Waals surface area (Å²) in [5.41, 5.74) is 2.39. The van der Waals surface area contributed by atoms with E-state index in [1.807, 2.05) is 32.4 Å². The topological polar surface area (TPSA) is 76.9 Å². The highest BCUT2D eigenvalue weighted by atomic mass is 32.2. The number of sulfonamides is 1. The van der Waals surface area contributed by atoms with Crippen LogP contribution in [0.1, 0.15) is 16.4 Å². The molecule has 0 saturated heterocycles. The number of aromatic nitrogens is 3. The minimum atomic E-state index is -3.66. The Kier molecular flexibility index (Phi) is 3.45. The van der Waals surface area contributed by atoms with Gasteiger partial charge < -0.3 is 4.57 Å². The predicted molar refractivity (Wildman–Crippen MR) is 87.8 cm³/mol. The van der Waals surface area contributed by atoms with Gasteiger partial charge in [0.05, 0.1) is 21.6 Å². The van der Waals surface area contributed by atoms with Gasteiger partial charge >= 0.3 is 0 Å². The van der Waals surface area contributed by atoms with Crippen LogP contribution in [0.15, 0.2) is 23.1 Å². The van der Waals surface area contributed by atoms with Crippen LogP contribution in [0.3, 0.4) is 0 Å². The van der Waals surface area contributed by atoms with E-state index in [4.69, 9.17) is 0 Å². The number of fused-ring (bicyclic) bond motifs is 1. The number of hydrogen-bond acceptors (Lipinski definition) is 5. The molecule has 0 aliphatic heterocycles. The quantitative estimate of drug-likeness (QED) is 0.798. The number of thiazole rings is 1. The third kappa shape index (κ3) is 2.48. The van der Waals surface area contributed by atoms with Crippen molar-refractivity contribution in [2.75, 3.05) is 4.72 Å². The maximum Gasteiger partial charge on any atom is 0.263 e. The van der Waals surface area contributed by atoms with Gasteiger partial charge in [-0.15, -0.1) is 11.3 Å². The van der Waals surface area contributed by atoms with Gasteiger partial charge in [-0.05, 0) is 39.0 Å². The van der Waals surface area contributed by atoms with E-state index in [2.05, 4.69) is 14.7 Å². The molecule has 0 spiro atoms. The average Bonchev–Trinajstić information content (AvgIpc) is 2.89. The molecule has 1 N–H and O–H groups in total. The summed E-state index contributed by atoms with van der Waals surface area (Å²) in [6.07, 6.45) is 0. The molecule has 0 saturated carbocycles. The zero-order valence-electron chi connectivity index (χ0n) is 12.7. The molecule has 0 aliphatic carbocycles. The van der Waals surface area contributed by atoms with Crippen LogP contribution in [-0.2, 0) is 17.1 Å². The van der Waals surface area contributed by atoms with Crippen LogP contribution in [0.2, 0.25) is 0 Å². The van der Waals surface area contributed by atoms with E-state index in [9.17, 15) is 8.42 Å². The summed E-state index contributed by atoms with van der Waals surface area (Å²) < 4.78 is 29.4. The molecule has 0 bridgehead atoms. The van der Waals surface area contributed by atoms with Gasteiger partial charge in [0.2, 0.25) is 0 Å². The second-order valence-electron chi connectivity index (χ2n) is 5.13. The Labute approximate surface area is 132 Å². The first-order valence-electron chi connectivity index (χ1n) is 6.68. The van der Waals surface area contributed by atoms with E-state index in [-0.39, 0.29) is 4.90 Å². The summed E-state index contributed by atoms with van der Waals surface area (Å²) in [5, 5.41) is 0.382. The molecular formula is C14H16N4O2S2. The maximum atomic E-state index is 12.5. The first kappa shape index (κ1) is 15.0. The van der Waals surface area contributed by atoms with Gasteiger partial charge in [0.15, 0.2) is 5.13 Å². The Balaban J connectivity index is 2.01. The van der Waals surface area contributed by atoms with E-state index < -0.39 is 10.0 Å². The van der Waals surface area contributed by atoms with Crippen molar-refractivity contribution in [2.45, 2.75) is 25.7 Å². The molecule has 1 aromatic carbocycles. The van der Waals surface area contributed by atoms with Gasteiger partial charge in [0, 0.05) is 11.9 Å². The zero-order chi connectivity index (χ0) is 16.1. The number of hydrogen-bond donors (Lipinski definition) is 1. The fourth-order valence-corrected chi connectivity index (χ4v) is 4.23. The standard InChI is InChI=1S/C14H16N4O2S2/c1-8-9(2)21-14(15-8)17-22(19,20)11-5-6-13-12(7-11)16-10(3)18(13)4/h5-7H,1-4H3,(H,15,17). The van der Waals surface area contributed by atoms with Gasteiger partial charge in [-0.25, -0.2) is 18.4 Å². The summed E-state index contributed by atoms with van der Waals surface area (Å²) in [7, 11) is -1.76. The number of nitrogens with zero attached hydrogens (tertiary/aromatic N) is 3. The Morgan fingerprint density at radius 3 is 2.55 bits per heavy atom. The summed E-state index contributed by atoms with van der Waals surface area (Å²) in [4.78, 5) is 9.76. The van der Waals surface area contributed by atoms with Crippen LogP contribution < -0.4 is 4.72 Å². The Hall–Kier alpha value is -1.93. The third-order valence-corrected chi connectivity index (χ3v) is 6.09. The molecule has 22 heavy (non-hydrogen) atoms. The van der Waals surface area contributed by atoms with E-state index in [0.717, 1.165) is 21.9 Å². The SMILES string of the molecule is Cc1nc(NS(=O)(=O)c2ccc3c(c2)nc(C)n3C)sc1C. The van der Waals surface area contributed by atoms with Crippen molar-refractivity contribution in [1.82, 2.24) is 14.5 Å². The van der Waals surface area contributed by atoms with Crippen LogP contribution in [0.25, 0.3) is 11.0 Å². The van der Waals surface area contributed by atoms with Gasteiger partial charge in [0.1, 0.15) is 5.82 Å². The lowest BCUT2D eigenvalue weighted by molar-refractivity contribution is 0.601. The summed E-state index contributed by atoms with van der Waals surface area (Å²) in [6, 6.07) is 4.93. The molecule has 8 heteroatoms. The molecule has 0 unspecified atom stereocenters. The molecule has 0 atom stereocenters. The van der Waals surface area contributed by atoms with Crippen molar-refractivity contribution in [1.29, 1.82) is 0 Å². The van der Waals surface area contributed by atoms with Gasteiger partial charge in [-0.3, -0.25) is 4.72 Å². The summed E-state index contributed by atoms with van der Waals surface area (Å²) in [5.74, 6) is 0.837. The van der Waals surface area contributed by atoms with Crippen molar-refractivity contribution < 1.29 is 8.42 Å². The highest BCUT2D eigenvalue weighted by Crippen LogP contribution is 2.25. The molecule has 0 fully saturated rings. The first-order valence-corrected chi connectivity index (χ1v) is 8.98. The normalized spacial score (nSPS) is 12.0. The monoisotopic (exact) mass is 336 g/mol. The Bertz CT molecular complexity index is 951. The highest BCUT2D eigenvalue weighted by molar-refractivity contribution is 7.93. The molecule has 6 nitrogen and oxygen atoms in total. The number of aryl methyl sites for hydroxylation is 4. The van der Waals surface area contributed by atoms with Crippen molar-refractivity contribution >= 4 is 37.5 Å². The molecule has 3 aromatic rings. The molecular weight excluding hydrogens is 320 g/mol. The highest BCUT2D eigenvalue weighted by Gasteiger charge is 2.18. The number of rotatable bonds is 3. The lowest BCUT2D eigenvalue weighted by Crippen LogP contribution is -2.12. The summed E-state index contributed by atoms with van der Waals surface area (Å²) >= 11 is 1.32. The maximum absolute atomic E-state index is 12.5. The largest absolute Gasteiger partial charge is 0.331 e. The minimum absolute atomic E-state index is 0.184. The van der Waals surface area contributed by atoms with Crippen LogP contribution in [0.4, 0.5) is 5.13 Å². The molecule has 2 aromatic heterocycles. The minimum Gasteiger partial charge on any atom is -0.331 e. The molecule has 116 valence electrons. The number of nitrogens with one attached hydrogen (secondary N) is 1.